The number of hydrogen-bond donors (Lipinski definition) is 2. The topological polar surface area (TPSA) is 101 Å². The van der Waals surface area contributed by atoms with E-state index in [1.54, 1.807) is 12.1 Å². The van der Waals surface area contributed by atoms with E-state index in [2.05, 4.69) is 5.32 Å². The molecule has 0 atom stereocenters. The van der Waals surface area contributed by atoms with E-state index in [-0.39, 0.29) is 30.2 Å². The van der Waals surface area contributed by atoms with Crippen molar-refractivity contribution in [3.8, 4) is 5.75 Å². The number of ether oxygens (including phenoxy) is 1. The van der Waals surface area contributed by atoms with E-state index < -0.39 is 23.0 Å². The standard InChI is InChI=1S/C21H20FN3O5/c22-14-5-3-13(4-6-14)11-25-8-7-24-12-16(18(26)19(27)17(24)21(25)29)20(28)23-10-15-2-1-9-30-15/h2-6,12,27H,1,7-11H2,(H,23,28). The largest absolute Gasteiger partial charge is 0.503 e. The second-order valence-electron chi connectivity index (χ2n) is 7.11. The minimum atomic E-state index is -0.906. The van der Waals surface area contributed by atoms with Crippen molar-refractivity contribution in [2.45, 2.75) is 19.5 Å². The molecule has 2 aliphatic rings. The minimum Gasteiger partial charge on any atom is -0.503 e. The van der Waals surface area contributed by atoms with Gasteiger partial charge in [-0.15, -0.1) is 0 Å². The maximum absolute atomic E-state index is 13.1. The van der Waals surface area contributed by atoms with Crippen molar-refractivity contribution in [1.29, 1.82) is 0 Å². The fourth-order valence-corrected chi connectivity index (χ4v) is 3.51. The molecule has 9 heteroatoms. The molecule has 2 aliphatic heterocycles. The fraction of sp³-hybridized carbons (Fsp3) is 0.286. The Kier molecular flexibility index (Phi) is 5.26. The Labute approximate surface area is 171 Å². The van der Waals surface area contributed by atoms with E-state index in [1.165, 1.54) is 27.8 Å². The number of aromatic hydroxyl groups is 1. The Balaban J connectivity index is 1.55. The predicted octanol–water partition coefficient (Wildman–Crippen LogP) is 1.38. The summed E-state index contributed by atoms with van der Waals surface area (Å²) in [4.78, 5) is 39.3. The van der Waals surface area contributed by atoms with Gasteiger partial charge in [0, 0.05) is 32.3 Å². The third-order valence-corrected chi connectivity index (χ3v) is 5.09. The number of nitrogens with one attached hydrogen (secondary N) is 1. The minimum absolute atomic E-state index is 0.144. The molecule has 1 aromatic carbocycles. The molecule has 4 rings (SSSR count). The maximum atomic E-state index is 13.1. The molecule has 1 aromatic heterocycles. The second kappa shape index (κ2) is 8.02. The zero-order valence-corrected chi connectivity index (χ0v) is 16.1. The lowest BCUT2D eigenvalue weighted by Crippen LogP contribution is -2.42. The first kappa shape index (κ1) is 19.7. The molecule has 0 unspecified atom stereocenters. The monoisotopic (exact) mass is 413 g/mol. The SMILES string of the molecule is O=C(NCC1=CCCO1)c1cn2c(c(O)c1=O)C(=O)N(Cc1ccc(F)cc1)CC2. The van der Waals surface area contributed by atoms with Gasteiger partial charge in [-0.3, -0.25) is 14.4 Å². The normalized spacial score (nSPS) is 15.4. The molecule has 156 valence electrons. The Bertz CT molecular complexity index is 1090. The van der Waals surface area contributed by atoms with Gasteiger partial charge in [-0.25, -0.2) is 4.39 Å². The van der Waals surface area contributed by atoms with E-state index in [4.69, 9.17) is 4.74 Å². The number of hydrogen-bond acceptors (Lipinski definition) is 5. The number of rotatable bonds is 5. The number of carbonyl (C=O) groups excluding carboxylic acids is 2. The Morgan fingerprint density at radius 1 is 1.20 bits per heavy atom. The molecule has 0 saturated carbocycles. The van der Waals surface area contributed by atoms with Crippen LogP contribution in [0.3, 0.4) is 0 Å². The highest BCUT2D eigenvalue weighted by Gasteiger charge is 2.30. The smallest absolute Gasteiger partial charge is 0.274 e. The molecule has 0 aliphatic carbocycles. The summed E-state index contributed by atoms with van der Waals surface area (Å²) in [5.74, 6) is -1.69. The molecular formula is C21H20FN3O5. The van der Waals surface area contributed by atoms with Crippen LogP contribution in [0.1, 0.15) is 32.8 Å². The second-order valence-corrected chi connectivity index (χ2v) is 7.11. The average molecular weight is 413 g/mol. The van der Waals surface area contributed by atoms with Crippen LogP contribution in [0.15, 0.2) is 47.1 Å². The molecule has 2 amide bonds. The van der Waals surface area contributed by atoms with E-state index in [1.807, 2.05) is 6.08 Å². The lowest BCUT2D eigenvalue weighted by atomic mass is 10.1. The van der Waals surface area contributed by atoms with Crippen LogP contribution >= 0.6 is 0 Å². The summed E-state index contributed by atoms with van der Waals surface area (Å²) in [6.45, 7) is 1.53. The van der Waals surface area contributed by atoms with Crippen LogP contribution in [0, 0.1) is 5.82 Å². The summed E-state index contributed by atoms with van der Waals surface area (Å²) >= 11 is 0. The van der Waals surface area contributed by atoms with E-state index >= 15 is 0 Å². The lowest BCUT2D eigenvalue weighted by molar-refractivity contribution is 0.0681. The van der Waals surface area contributed by atoms with Gasteiger partial charge in [0.15, 0.2) is 11.4 Å². The third-order valence-electron chi connectivity index (χ3n) is 5.09. The van der Waals surface area contributed by atoms with Gasteiger partial charge in [0.2, 0.25) is 5.43 Å². The molecule has 2 N–H and O–H groups in total. The Morgan fingerprint density at radius 3 is 2.67 bits per heavy atom. The fourth-order valence-electron chi connectivity index (χ4n) is 3.51. The highest BCUT2D eigenvalue weighted by molar-refractivity contribution is 5.99. The van der Waals surface area contributed by atoms with Gasteiger partial charge in [-0.1, -0.05) is 12.1 Å². The summed E-state index contributed by atoms with van der Waals surface area (Å²) in [5, 5.41) is 13.0. The molecule has 0 bridgehead atoms. The van der Waals surface area contributed by atoms with E-state index in [0.29, 0.717) is 25.5 Å². The molecule has 0 radical (unpaired) electrons. The molecule has 3 heterocycles. The Hall–Kier alpha value is -3.62. The van der Waals surface area contributed by atoms with Crippen LogP contribution in [0.2, 0.25) is 0 Å². The highest BCUT2D eigenvalue weighted by atomic mass is 19.1. The zero-order chi connectivity index (χ0) is 21.3. The predicted molar refractivity (Wildman–Crippen MR) is 104 cm³/mol. The van der Waals surface area contributed by atoms with Crippen molar-refractivity contribution in [1.82, 2.24) is 14.8 Å². The summed E-state index contributed by atoms with van der Waals surface area (Å²) in [5.41, 5.74) is -0.585. The van der Waals surface area contributed by atoms with Crippen LogP contribution in [-0.2, 0) is 17.8 Å². The van der Waals surface area contributed by atoms with Gasteiger partial charge in [0.1, 0.15) is 17.1 Å². The third kappa shape index (κ3) is 3.78. The summed E-state index contributed by atoms with van der Waals surface area (Å²) in [6, 6.07) is 5.75. The molecule has 2 aromatic rings. The number of nitrogens with zero attached hydrogens (tertiary/aromatic N) is 2. The van der Waals surface area contributed by atoms with Crippen molar-refractivity contribution < 1.29 is 23.8 Å². The Morgan fingerprint density at radius 2 is 1.97 bits per heavy atom. The summed E-state index contributed by atoms with van der Waals surface area (Å²) in [6.07, 6.45) is 3.92. The van der Waals surface area contributed by atoms with Crippen molar-refractivity contribution in [2.75, 3.05) is 19.7 Å². The van der Waals surface area contributed by atoms with Crippen LogP contribution in [-0.4, -0.2) is 46.1 Å². The maximum Gasteiger partial charge on any atom is 0.274 e. The summed E-state index contributed by atoms with van der Waals surface area (Å²) in [7, 11) is 0. The van der Waals surface area contributed by atoms with Crippen LogP contribution in [0.5, 0.6) is 5.75 Å². The van der Waals surface area contributed by atoms with E-state index in [9.17, 15) is 23.9 Å². The number of carbonyl (C=O) groups is 2. The van der Waals surface area contributed by atoms with Gasteiger partial charge >= 0.3 is 0 Å². The van der Waals surface area contributed by atoms with Crippen molar-refractivity contribution in [3.05, 3.63) is 75.2 Å². The van der Waals surface area contributed by atoms with Gasteiger partial charge < -0.3 is 24.6 Å². The molecule has 0 spiro atoms. The molecular weight excluding hydrogens is 393 g/mol. The van der Waals surface area contributed by atoms with Crippen molar-refractivity contribution >= 4 is 11.8 Å². The number of benzene rings is 1. The van der Waals surface area contributed by atoms with Gasteiger partial charge in [-0.05, 0) is 23.8 Å². The summed E-state index contributed by atoms with van der Waals surface area (Å²) < 4.78 is 19.8. The highest BCUT2D eigenvalue weighted by Crippen LogP contribution is 2.22. The van der Waals surface area contributed by atoms with E-state index in [0.717, 1.165) is 12.0 Å². The molecule has 30 heavy (non-hydrogen) atoms. The van der Waals surface area contributed by atoms with Crippen molar-refractivity contribution in [2.24, 2.45) is 0 Å². The number of amides is 2. The molecule has 8 nitrogen and oxygen atoms in total. The number of fused-ring (bicyclic) bond motifs is 1. The number of aromatic nitrogens is 1. The van der Waals surface area contributed by atoms with Gasteiger partial charge in [0.05, 0.1) is 13.2 Å². The number of halogens is 1. The lowest BCUT2D eigenvalue weighted by Gasteiger charge is -2.30. The first-order chi connectivity index (χ1) is 14.4. The first-order valence-electron chi connectivity index (χ1n) is 9.54. The first-order valence-corrected chi connectivity index (χ1v) is 9.54. The zero-order valence-electron chi connectivity index (χ0n) is 16.1. The average Bonchev–Trinajstić information content (AvgIpc) is 3.26. The quantitative estimate of drug-likeness (QED) is 0.772. The number of pyridine rings is 1. The van der Waals surface area contributed by atoms with Crippen molar-refractivity contribution in [3.63, 3.8) is 0 Å². The van der Waals surface area contributed by atoms with Gasteiger partial charge in [-0.2, -0.15) is 0 Å². The molecule has 0 saturated heterocycles. The van der Waals surface area contributed by atoms with Crippen LogP contribution < -0.4 is 10.7 Å². The van der Waals surface area contributed by atoms with Crippen LogP contribution in [0.25, 0.3) is 0 Å². The van der Waals surface area contributed by atoms with Gasteiger partial charge in [0.25, 0.3) is 11.8 Å². The van der Waals surface area contributed by atoms with Crippen LogP contribution in [0.4, 0.5) is 4.39 Å². The molecule has 0 fully saturated rings.